The molecule has 2 rings (SSSR count). The van der Waals surface area contributed by atoms with Gasteiger partial charge >= 0.3 is 0 Å². The highest BCUT2D eigenvalue weighted by Gasteiger charge is 2.09. The van der Waals surface area contributed by atoms with Gasteiger partial charge in [0.2, 0.25) is 0 Å². The van der Waals surface area contributed by atoms with Gasteiger partial charge in [-0.15, -0.1) is 0 Å². The SMILES string of the molecule is CNCc1ccccc1-c1cn(C)nc1C. The summed E-state index contributed by atoms with van der Waals surface area (Å²) in [6, 6.07) is 8.44. The molecular formula is C13H17N3. The molecule has 0 saturated carbocycles. The Morgan fingerprint density at radius 1 is 1.25 bits per heavy atom. The number of aryl methyl sites for hydroxylation is 2. The van der Waals surface area contributed by atoms with Gasteiger partial charge in [0.05, 0.1) is 5.69 Å². The highest BCUT2D eigenvalue weighted by atomic mass is 15.2. The maximum Gasteiger partial charge on any atom is 0.0672 e. The van der Waals surface area contributed by atoms with Crippen molar-refractivity contribution in [2.75, 3.05) is 7.05 Å². The van der Waals surface area contributed by atoms with E-state index in [9.17, 15) is 0 Å². The van der Waals surface area contributed by atoms with Crippen LogP contribution < -0.4 is 5.32 Å². The van der Waals surface area contributed by atoms with E-state index in [1.165, 1.54) is 16.7 Å². The molecule has 0 aliphatic heterocycles. The maximum atomic E-state index is 4.38. The van der Waals surface area contributed by atoms with Gasteiger partial charge in [0.25, 0.3) is 0 Å². The number of benzene rings is 1. The molecule has 84 valence electrons. The molecule has 0 aliphatic rings. The number of nitrogens with zero attached hydrogens (tertiary/aromatic N) is 2. The molecule has 0 fully saturated rings. The molecule has 0 amide bonds. The van der Waals surface area contributed by atoms with Crippen molar-refractivity contribution in [2.24, 2.45) is 7.05 Å². The summed E-state index contributed by atoms with van der Waals surface area (Å²) in [4.78, 5) is 0. The molecule has 0 bridgehead atoms. The molecule has 1 aromatic heterocycles. The third-order valence-corrected chi connectivity index (χ3v) is 2.69. The fraction of sp³-hybridized carbons (Fsp3) is 0.308. The molecule has 0 aliphatic carbocycles. The van der Waals surface area contributed by atoms with E-state index >= 15 is 0 Å². The van der Waals surface area contributed by atoms with Crippen LogP contribution in [0.1, 0.15) is 11.3 Å². The van der Waals surface area contributed by atoms with Gasteiger partial charge < -0.3 is 5.32 Å². The summed E-state index contributed by atoms with van der Waals surface area (Å²) in [6.45, 7) is 2.93. The second-order valence-corrected chi connectivity index (χ2v) is 3.99. The zero-order chi connectivity index (χ0) is 11.5. The van der Waals surface area contributed by atoms with Crippen LogP contribution in [-0.2, 0) is 13.6 Å². The maximum absolute atomic E-state index is 4.38. The van der Waals surface area contributed by atoms with Crippen molar-refractivity contribution in [3.05, 3.63) is 41.7 Å². The minimum absolute atomic E-state index is 0.879. The third-order valence-electron chi connectivity index (χ3n) is 2.69. The van der Waals surface area contributed by atoms with Gasteiger partial charge in [-0.2, -0.15) is 5.10 Å². The van der Waals surface area contributed by atoms with E-state index < -0.39 is 0 Å². The van der Waals surface area contributed by atoms with Crippen LogP contribution in [-0.4, -0.2) is 16.8 Å². The lowest BCUT2D eigenvalue weighted by molar-refractivity contribution is 0.756. The van der Waals surface area contributed by atoms with Crippen LogP contribution in [0, 0.1) is 6.92 Å². The van der Waals surface area contributed by atoms with E-state index in [-0.39, 0.29) is 0 Å². The number of aromatic nitrogens is 2. The van der Waals surface area contributed by atoms with Crippen LogP contribution >= 0.6 is 0 Å². The van der Waals surface area contributed by atoms with Crippen molar-refractivity contribution in [3.8, 4) is 11.1 Å². The van der Waals surface area contributed by atoms with Gasteiger partial charge in [-0.1, -0.05) is 24.3 Å². The lowest BCUT2D eigenvalue weighted by Crippen LogP contribution is -2.06. The first-order valence-corrected chi connectivity index (χ1v) is 5.45. The zero-order valence-corrected chi connectivity index (χ0v) is 9.99. The van der Waals surface area contributed by atoms with Gasteiger partial charge in [-0.05, 0) is 25.1 Å². The van der Waals surface area contributed by atoms with Gasteiger partial charge in [-0.25, -0.2) is 0 Å². The second-order valence-electron chi connectivity index (χ2n) is 3.99. The fourth-order valence-corrected chi connectivity index (χ4v) is 1.99. The number of rotatable bonds is 3. The van der Waals surface area contributed by atoms with Crippen LogP contribution in [0.4, 0.5) is 0 Å². The van der Waals surface area contributed by atoms with E-state index in [1.807, 2.05) is 25.7 Å². The molecule has 0 unspecified atom stereocenters. The van der Waals surface area contributed by atoms with E-state index in [4.69, 9.17) is 0 Å². The predicted octanol–water partition coefficient (Wildman–Crippen LogP) is 2.11. The number of hydrogen-bond acceptors (Lipinski definition) is 2. The monoisotopic (exact) mass is 215 g/mol. The Hall–Kier alpha value is -1.61. The molecule has 1 aromatic carbocycles. The zero-order valence-electron chi connectivity index (χ0n) is 9.99. The molecule has 16 heavy (non-hydrogen) atoms. The van der Waals surface area contributed by atoms with Crippen molar-refractivity contribution in [1.29, 1.82) is 0 Å². The van der Waals surface area contributed by atoms with Gasteiger partial charge in [0.15, 0.2) is 0 Å². The first-order chi connectivity index (χ1) is 7.72. The molecule has 3 heteroatoms. The van der Waals surface area contributed by atoms with E-state index in [2.05, 4.69) is 40.9 Å². The largest absolute Gasteiger partial charge is 0.316 e. The Balaban J connectivity index is 2.50. The van der Waals surface area contributed by atoms with Crippen molar-refractivity contribution in [1.82, 2.24) is 15.1 Å². The van der Waals surface area contributed by atoms with Crippen LogP contribution in [0.25, 0.3) is 11.1 Å². The topological polar surface area (TPSA) is 29.9 Å². The molecule has 0 saturated heterocycles. The highest BCUT2D eigenvalue weighted by Crippen LogP contribution is 2.25. The van der Waals surface area contributed by atoms with Crippen molar-refractivity contribution in [3.63, 3.8) is 0 Å². The Kier molecular flexibility index (Phi) is 3.06. The average Bonchev–Trinajstić information content (AvgIpc) is 2.59. The van der Waals surface area contributed by atoms with E-state index in [0.717, 1.165) is 12.2 Å². The van der Waals surface area contributed by atoms with Crippen molar-refractivity contribution in [2.45, 2.75) is 13.5 Å². The average molecular weight is 215 g/mol. The Labute approximate surface area is 96.1 Å². The Bertz CT molecular complexity index is 486. The van der Waals surface area contributed by atoms with Crippen LogP contribution in [0.5, 0.6) is 0 Å². The summed E-state index contributed by atoms with van der Waals surface area (Å²) in [5, 5.41) is 7.58. The van der Waals surface area contributed by atoms with E-state index in [1.54, 1.807) is 0 Å². The predicted molar refractivity (Wildman–Crippen MR) is 66.1 cm³/mol. The minimum atomic E-state index is 0.879. The second kappa shape index (κ2) is 4.49. The van der Waals surface area contributed by atoms with Crippen molar-refractivity contribution < 1.29 is 0 Å². The minimum Gasteiger partial charge on any atom is -0.316 e. The van der Waals surface area contributed by atoms with Gasteiger partial charge in [-0.3, -0.25) is 4.68 Å². The first-order valence-electron chi connectivity index (χ1n) is 5.45. The normalized spacial score (nSPS) is 10.7. The fourth-order valence-electron chi connectivity index (χ4n) is 1.99. The van der Waals surface area contributed by atoms with Crippen molar-refractivity contribution >= 4 is 0 Å². The summed E-state index contributed by atoms with van der Waals surface area (Å²) in [7, 11) is 3.92. The molecule has 0 radical (unpaired) electrons. The lowest BCUT2D eigenvalue weighted by atomic mass is 10.0. The molecule has 1 heterocycles. The molecular weight excluding hydrogens is 198 g/mol. The van der Waals surface area contributed by atoms with Crippen LogP contribution in [0.3, 0.4) is 0 Å². The lowest BCUT2D eigenvalue weighted by Gasteiger charge is -2.07. The molecule has 0 spiro atoms. The summed E-state index contributed by atoms with van der Waals surface area (Å²) < 4.78 is 1.86. The van der Waals surface area contributed by atoms with Crippen LogP contribution in [0.15, 0.2) is 30.5 Å². The number of nitrogens with one attached hydrogen (secondary N) is 1. The summed E-state index contributed by atoms with van der Waals surface area (Å²) in [5.74, 6) is 0. The van der Waals surface area contributed by atoms with Gasteiger partial charge in [0.1, 0.15) is 0 Å². The molecule has 0 atom stereocenters. The molecule has 3 nitrogen and oxygen atoms in total. The van der Waals surface area contributed by atoms with Gasteiger partial charge in [0, 0.05) is 25.4 Å². The summed E-state index contributed by atoms with van der Waals surface area (Å²) >= 11 is 0. The summed E-state index contributed by atoms with van der Waals surface area (Å²) in [5.41, 5.74) is 4.86. The smallest absolute Gasteiger partial charge is 0.0672 e. The molecule has 2 aromatic rings. The third kappa shape index (κ3) is 1.99. The highest BCUT2D eigenvalue weighted by molar-refractivity contribution is 5.68. The quantitative estimate of drug-likeness (QED) is 0.850. The number of hydrogen-bond donors (Lipinski definition) is 1. The van der Waals surface area contributed by atoms with Crippen LogP contribution in [0.2, 0.25) is 0 Å². The first kappa shape index (κ1) is 10.9. The Morgan fingerprint density at radius 3 is 2.62 bits per heavy atom. The molecule has 1 N–H and O–H groups in total. The summed E-state index contributed by atoms with van der Waals surface area (Å²) in [6.07, 6.45) is 2.07. The Morgan fingerprint density at radius 2 is 2.00 bits per heavy atom. The van der Waals surface area contributed by atoms with E-state index in [0.29, 0.717) is 0 Å². The standard InChI is InChI=1S/C13H17N3/c1-10-13(9-16(3)15-10)12-7-5-4-6-11(12)8-14-2/h4-7,9,14H,8H2,1-3H3.